The predicted molar refractivity (Wildman–Crippen MR) is 68.7 cm³/mol. The van der Waals surface area contributed by atoms with Crippen molar-refractivity contribution in [2.75, 3.05) is 5.73 Å². The topological polar surface area (TPSA) is 72.1 Å². The van der Waals surface area contributed by atoms with E-state index in [-0.39, 0.29) is 11.9 Å². The fraction of sp³-hybridized carbons (Fsp3) is 0.250. The van der Waals surface area contributed by atoms with Crippen LogP contribution in [-0.4, -0.2) is 20.8 Å². The summed E-state index contributed by atoms with van der Waals surface area (Å²) in [6.45, 7) is 1.12. The zero-order chi connectivity index (χ0) is 12.5. The minimum atomic E-state index is 0.119. The van der Waals surface area contributed by atoms with E-state index in [1.165, 1.54) is 0 Å². The van der Waals surface area contributed by atoms with E-state index in [1.54, 1.807) is 22.4 Å². The van der Waals surface area contributed by atoms with Crippen LogP contribution in [0.15, 0.2) is 23.7 Å². The van der Waals surface area contributed by atoms with Gasteiger partial charge < -0.3 is 10.6 Å². The summed E-state index contributed by atoms with van der Waals surface area (Å²) < 4.78 is 0. The number of hydrogen-bond acceptors (Lipinski definition) is 5. The molecular weight excluding hydrogens is 248 g/mol. The molecule has 1 aliphatic heterocycles. The Bertz CT molecular complexity index is 582. The molecule has 0 fully saturated rings. The zero-order valence-corrected chi connectivity index (χ0v) is 10.5. The molecule has 92 valence electrons. The third-order valence-electron chi connectivity index (χ3n) is 2.93. The normalized spacial score (nSPS) is 13.7. The maximum Gasteiger partial charge on any atom is 0.228 e. The second-order valence-corrected chi connectivity index (χ2v) is 5.24. The van der Waals surface area contributed by atoms with Crippen molar-refractivity contribution >= 4 is 23.2 Å². The van der Waals surface area contributed by atoms with E-state index in [4.69, 9.17) is 5.73 Å². The van der Waals surface area contributed by atoms with Crippen LogP contribution in [0.5, 0.6) is 0 Å². The van der Waals surface area contributed by atoms with Crippen LogP contribution in [0.2, 0.25) is 0 Å². The Balaban J connectivity index is 1.72. The van der Waals surface area contributed by atoms with Crippen molar-refractivity contribution in [1.29, 1.82) is 0 Å². The lowest BCUT2D eigenvalue weighted by molar-refractivity contribution is -0.131. The van der Waals surface area contributed by atoms with Crippen LogP contribution in [0.4, 0.5) is 5.95 Å². The molecule has 2 aromatic heterocycles. The van der Waals surface area contributed by atoms with Gasteiger partial charge in [0.25, 0.3) is 0 Å². The second-order valence-electron chi connectivity index (χ2n) is 4.21. The minimum absolute atomic E-state index is 0.119. The molecule has 6 heteroatoms. The van der Waals surface area contributed by atoms with Gasteiger partial charge in [0, 0.05) is 23.2 Å². The van der Waals surface area contributed by atoms with Crippen molar-refractivity contribution in [3.8, 4) is 0 Å². The molecule has 18 heavy (non-hydrogen) atoms. The summed E-state index contributed by atoms with van der Waals surface area (Å²) in [5, 5.41) is 1.98. The first-order valence-corrected chi connectivity index (χ1v) is 6.51. The van der Waals surface area contributed by atoms with Gasteiger partial charge in [-0.2, -0.15) is 0 Å². The molecule has 1 aliphatic rings. The molecule has 0 bridgehead atoms. The third-order valence-corrected chi connectivity index (χ3v) is 3.81. The van der Waals surface area contributed by atoms with Gasteiger partial charge in [-0.15, -0.1) is 11.3 Å². The number of fused-ring (bicyclic) bond motifs is 1. The van der Waals surface area contributed by atoms with E-state index in [0.29, 0.717) is 19.5 Å². The highest BCUT2D eigenvalue weighted by Gasteiger charge is 2.25. The summed E-state index contributed by atoms with van der Waals surface area (Å²) in [7, 11) is 0. The Morgan fingerprint density at radius 3 is 3.17 bits per heavy atom. The summed E-state index contributed by atoms with van der Waals surface area (Å²) in [4.78, 5) is 23.1. The number of carbonyl (C=O) groups excluding carboxylic acids is 1. The molecule has 5 nitrogen and oxygen atoms in total. The number of nitrogens with two attached hydrogens (primary N) is 1. The van der Waals surface area contributed by atoms with Gasteiger partial charge in [0.15, 0.2) is 0 Å². The van der Waals surface area contributed by atoms with E-state index in [1.807, 2.05) is 17.5 Å². The van der Waals surface area contributed by atoms with Crippen LogP contribution in [0.25, 0.3) is 0 Å². The van der Waals surface area contributed by atoms with Crippen LogP contribution in [0.1, 0.15) is 16.1 Å². The number of amides is 1. The Hall–Kier alpha value is -1.95. The van der Waals surface area contributed by atoms with E-state index in [9.17, 15) is 4.79 Å². The molecule has 0 spiro atoms. The van der Waals surface area contributed by atoms with E-state index < -0.39 is 0 Å². The Morgan fingerprint density at radius 2 is 2.39 bits per heavy atom. The van der Waals surface area contributed by atoms with Crippen LogP contribution in [0.3, 0.4) is 0 Å². The van der Waals surface area contributed by atoms with Gasteiger partial charge in [0.2, 0.25) is 11.9 Å². The molecule has 0 atom stereocenters. The van der Waals surface area contributed by atoms with Crippen LogP contribution < -0.4 is 5.73 Å². The molecule has 0 radical (unpaired) electrons. The van der Waals surface area contributed by atoms with Crippen molar-refractivity contribution in [2.24, 2.45) is 0 Å². The second kappa shape index (κ2) is 4.38. The Kier molecular flexibility index (Phi) is 2.71. The van der Waals surface area contributed by atoms with E-state index >= 15 is 0 Å². The first kappa shape index (κ1) is 11.2. The van der Waals surface area contributed by atoms with Crippen molar-refractivity contribution < 1.29 is 4.79 Å². The number of anilines is 1. The third kappa shape index (κ3) is 2.06. The average Bonchev–Trinajstić information content (AvgIpc) is 2.96. The number of nitrogens with zero attached hydrogens (tertiary/aromatic N) is 3. The maximum atomic E-state index is 12.1. The Morgan fingerprint density at radius 1 is 1.50 bits per heavy atom. The highest BCUT2D eigenvalue weighted by molar-refractivity contribution is 7.10. The van der Waals surface area contributed by atoms with Gasteiger partial charge in [0.1, 0.15) is 0 Å². The Labute approximate surface area is 108 Å². The first-order valence-electron chi connectivity index (χ1n) is 5.63. The molecule has 0 unspecified atom stereocenters. The highest BCUT2D eigenvalue weighted by Crippen LogP contribution is 2.22. The quantitative estimate of drug-likeness (QED) is 0.880. The van der Waals surface area contributed by atoms with Gasteiger partial charge in [-0.3, -0.25) is 4.79 Å². The maximum absolute atomic E-state index is 12.1. The lowest BCUT2D eigenvalue weighted by atomic mass is 10.3. The summed E-state index contributed by atoms with van der Waals surface area (Å²) >= 11 is 1.60. The molecule has 0 aliphatic carbocycles. The smallest absolute Gasteiger partial charge is 0.228 e. The first-order chi connectivity index (χ1) is 8.72. The fourth-order valence-electron chi connectivity index (χ4n) is 2.02. The van der Waals surface area contributed by atoms with Crippen molar-refractivity contribution in [2.45, 2.75) is 19.5 Å². The molecule has 1 amide bonds. The largest absolute Gasteiger partial charge is 0.368 e. The molecule has 2 N–H and O–H groups in total. The standard InChI is InChI=1S/C12H12N4OS/c13-12-14-5-8-6-16(7-10(8)15-12)11(17)4-9-2-1-3-18-9/h1-3,5H,4,6-7H2,(H2,13,14,15). The molecule has 3 heterocycles. The molecule has 0 saturated heterocycles. The van der Waals surface area contributed by atoms with Gasteiger partial charge in [-0.1, -0.05) is 6.07 Å². The van der Waals surface area contributed by atoms with Crippen LogP contribution in [-0.2, 0) is 24.3 Å². The predicted octanol–water partition coefficient (Wildman–Crippen LogP) is 1.21. The van der Waals surface area contributed by atoms with Crippen LogP contribution in [0, 0.1) is 0 Å². The number of carbonyl (C=O) groups is 1. The lowest BCUT2D eigenvalue weighted by Crippen LogP contribution is -2.26. The summed E-state index contributed by atoms with van der Waals surface area (Å²) in [5.41, 5.74) is 7.39. The summed E-state index contributed by atoms with van der Waals surface area (Å²) in [6.07, 6.45) is 2.16. The molecule has 2 aromatic rings. The number of nitrogen functional groups attached to an aromatic ring is 1. The SMILES string of the molecule is Nc1ncc2c(n1)CN(C(=O)Cc1cccs1)C2. The van der Waals surface area contributed by atoms with Gasteiger partial charge in [-0.25, -0.2) is 9.97 Å². The summed E-state index contributed by atoms with van der Waals surface area (Å²) in [5.74, 6) is 0.385. The monoisotopic (exact) mass is 260 g/mol. The van der Waals surface area contributed by atoms with Crippen molar-refractivity contribution in [3.05, 3.63) is 39.8 Å². The lowest BCUT2D eigenvalue weighted by Gasteiger charge is -2.14. The van der Waals surface area contributed by atoms with E-state index in [0.717, 1.165) is 16.1 Å². The van der Waals surface area contributed by atoms with Gasteiger partial charge in [-0.05, 0) is 11.4 Å². The number of aromatic nitrogens is 2. The zero-order valence-electron chi connectivity index (χ0n) is 9.67. The number of thiophene rings is 1. The summed E-state index contributed by atoms with van der Waals surface area (Å²) in [6, 6.07) is 3.93. The van der Waals surface area contributed by atoms with Crippen molar-refractivity contribution in [3.63, 3.8) is 0 Å². The highest BCUT2D eigenvalue weighted by atomic mass is 32.1. The molecule has 0 saturated carbocycles. The molecule has 0 aromatic carbocycles. The average molecular weight is 260 g/mol. The van der Waals surface area contributed by atoms with Gasteiger partial charge >= 0.3 is 0 Å². The van der Waals surface area contributed by atoms with Crippen molar-refractivity contribution in [1.82, 2.24) is 14.9 Å². The number of hydrogen-bond donors (Lipinski definition) is 1. The minimum Gasteiger partial charge on any atom is -0.368 e. The van der Waals surface area contributed by atoms with Crippen LogP contribution >= 0.6 is 11.3 Å². The number of rotatable bonds is 2. The fourth-order valence-corrected chi connectivity index (χ4v) is 2.72. The molecular formula is C12H12N4OS. The van der Waals surface area contributed by atoms with Gasteiger partial charge in [0.05, 0.1) is 18.7 Å². The molecule has 3 rings (SSSR count). The van der Waals surface area contributed by atoms with E-state index in [2.05, 4.69) is 9.97 Å².